The van der Waals surface area contributed by atoms with Crippen molar-refractivity contribution in [1.82, 2.24) is 4.90 Å². The van der Waals surface area contributed by atoms with Crippen LogP contribution in [-0.2, 0) is 11.3 Å². The van der Waals surface area contributed by atoms with Crippen LogP contribution >= 0.6 is 11.6 Å². The van der Waals surface area contributed by atoms with Crippen LogP contribution in [0.2, 0.25) is 5.02 Å². The highest BCUT2D eigenvalue weighted by Crippen LogP contribution is 2.29. The van der Waals surface area contributed by atoms with Crippen LogP contribution in [0.4, 0.5) is 4.39 Å². The lowest BCUT2D eigenvalue weighted by Crippen LogP contribution is -2.31. The van der Waals surface area contributed by atoms with E-state index in [1.165, 1.54) is 18.2 Å². The lowest BCUT2D eigenvalue weighted by atomic mass is 10.1. The molecular weight excluding hydrogens is 341 g/mol. The Morgan fingerprint density at radius 3 is 2.64 bits per heavy atom. The molecule has 0 aliphatic heterocycles. The topological polar surface area (TPSA) is 29.5 Å². The highest BCUT2D eigenvalue weighted by atomic mass is 35.5. The fraction of sp³-hybridized carbons (Fsp3) is 0.250. The Morgan fingerprint density at radius 2 is 2.00 bits per heavy atom. The van der Waals surface area contributed by atoms with Gasteiger partial charge in [0.1, 0.15) is 11.6 Å². The number of carbonyl (C=O) groups excluding carboxylic acids is 1. The van der Waals surface area contributed by atoms with Crippen LogP contribution in [-0.4, -0.2) is 24.0 Å². The molecule has 25 heavy (non-hydrogen) atoms. The van der Waals surface area contributed by atoms with Gasteiger partial charge in [0.15, 0.2) is 0 Å². The lowest BCUT2D eigenvalue weighted by Gasteiger charge is -2.21. The maximum absolute atomic E-state index is 13.1. The second-order valence-corrected chi connectivity index (χ2v) is 6.48. The van der Waals surface area contributed by atoms with Gasteiger partial charge < -0.3 is 9.64 Å². The molecule has 2 aromatic rings. The number of amides is 1. The number of halogens is 2. The lowest BCUT2D eigenvalue weighted by molar-refractivity contribution is -0.127. The van der Waals surface area contributed by atoms with E-state index in [1.807, 2.05) is 4.90 Å². The minimum Gasteiger partial charge on any atom is -0.496 e. The molecule has 0 radical (unpaired) electrons. The fourth-order valence-electron chi connectivity index (χ4n) is 2.65. The normalized spacial score (nSPS) is 13.9. The molecule has 1 aliphatic rings. The molecule has 2 aromatic carbocycles. The maximum Gasteiger partial charge on any atom is 0.247 e. The van der Waals surface area contributed by atoms with E-state index in [0.29, 0.717) is 17.3 Å². The number of methoxy groups -OCH3 is 1. The summed E-state index contributed by atoms with van der Waals surface area (Å²) < 4.78 is 18.3. The average molecular weight is 360 g/mol. The van der Waals surface area contributed by atoms with Gasteiger partial charge in [0.25, 0.3) is 0 Å². The first-order valence-electron chi connectivity index (χ1n) is 8.13. The van der Waals surface area contributed by atoms with E-state index in [-0.39, 0.29) is 17.8 Å². The van der Waals surface area contributed by atoms with Gasteiger partial charge in [0.2, 0.25) is 5.91 Å². The molecule has 1 amide bonds. The number of hydrogen-bond donors (Lipinski definition) is 0. The SMILES string of the molecule is COc1ccc(Cl)cc1C=CC(=O)N(Cc1ccc(F)cc1)C1CC1. The molecule has 0 bridgehead atoms. The molecule has 130 valence electrons. The largest absolute Gasteiger partial charge is 0.496 e. The Labute approximate surface area is 151 Å². The van der Waals surface area contributed by atoms with Crippen molar-refractivity contribution in [2.45, 2.75) is 25.4 Å². The van der Waals surface area contributed by atoms with E-state index in [0.717, 1.165) is 24.0 Å². The number of rotatable bonds is 6. The zero-order valence-electron chi connectivity index (χ0n) is 13.9. The minimum absolute atomic E-state index is 0.0751. The van der Waals surface area contributed by atoms with Crippen molar-refractivity contribution in [1.29, 1.82) is 0 Å². The van der Waals surface area contributed by atoms with Crippen molar-refractivity contribution in [2.24, 2.45) is 0 Å². The Kier molecular flexibility index (Phi) is 5.39. The molecule has 0 saturated heterocycles. The average Bonchev–Trinajstić information content (AvgIpc) is 3.44. The van der Waals surface area contributed by atoms with Crippen LogP contribution in [0.5, 0.6) is 5.75 Å². The summed E-state index contributed by atoms with van der Waals surface area (Å²) in [6.45, 7) is 0.473. The molecule has 0 atom stereocenters. The van der Waals surface area contributed by atoms with Crippen LogP contribution in [0.25, 0.3) is 6.08 Å². The number of benzene rings is 2. The Bertz CT molecular complexity index is 785. The third kappa shape index (κ3) is 4.60. The van der Waals surface area contributed by atoms with Gasteiger partial charge in [-0.25, -0.2) is 4.39 Å². The maximum atomic E-state index is 13.1. The predicted octanol–water partition coefficient (Wildman–Crippen LogP) is 4.69. The predicted molar refractivity (Wildman–Crippen MR) is 97.0 cm³/mol. The molecule has 1 aliphatic carbocycles. The summed E-state index contributed by atoms with van der Waals surface area (Å²) >= 11 is 6.02. The molecule has 0 aromatic heterocycles. The van der Waals surface area contributed by atoms with E-state index in [2.05, 4.69) is 0 Å². The number of hydrogen-bond acceptors (Lipinski definition) is 2. The van der Waals surface area contributed by atoms with E-state index < -0.39 is 0 Å². The van der Waals surface area contributed by atoms with E-state index in [1.54, 1.807) is 43.5 Å². The zero-order chi connectivity index (χ0) is 17.8. The Morgan fingerprint density at radius 1 is 1.28 bits per heavy atom. The van der Waals surface area contributed by atoms with Gasteiger partial charge in [0, 0.05) is 29.2 Å². The number of ether oxygens (including phenoxy) is 1. The van der Waals surface area contributed by atoms with Gasteiger partial charge in [0.05, 0.1) is 7.11 Å². The van der Waals surface area contributed by atoms with Crippen molar-refractivity contribution in [2.75, 3.05) is 7.11 Å². The highest BCUT2D eigenvalue weighted by Gasteiger charge is 2.31. The third-order valence-electron chi connectivity index (χ3n) is 4.13. The Balaban J connectivity index is 1.75. The summed E-state index contributed by atoms with van der Waals surface area (Å²) in [5, 5.41) is 0.582. The quantitative estimate of drug-likeness (QED) is 0.700. The van der Waals surface area contributed by atoms with Crippen LogP contribution < -0.4 is 4.74 Å². The summed E-state index contributed by atoms with van der Waals surface area (Å²) in [6.07, 6.45) is 5.26. The van der Waals surface area contributed by atoms with E-state index in [9.17, 15) is 9.18 Å². The van der Waals surface area contributed by atoms with Crippen molar-refractivity contribution >= 4 is 23.6 Å². The summed E-state index contributed by atoms with van der Waals surface area (Å²) in [5.41, 5.74) is 1.66. The van der Waals surface area contributed by atoms with Crippen molar-refractivity contribution in [3.8, 4) is 5.75 Å². The van der Waals surface area contributed by atoms with Crippen LogP contribution in [0, 0.1) is 5.82 Å². The highest BCUT2D eigenvalue weighted by molar-refractivity contribution is 6.30. The second-order valence-electron chi connectivity index (χ2n) is 6.04. The van der Waals surface area contributed by atoms with Gasteiger partial charge in [-0.15, -0.1) is 0 Å². The second kappa shape index (κ2) is 7.70. The number of carbonyl (C=O) groups is 1. The summed E-state index contributed by atoms with van der Waals surface area (Å²) in [5.74, 6) is 0.305. The molecule has 3 nitrogen and oxygen atoms in total. The molecule has 0 spiro atoms. The van der Waals surface area contributed by atoms with Gasteiger partial charge in [-0.05, 0) is 54.8 Å². The van der Waals surface area contributed by atoms with E-state index >= 15 is 0 Å². The molecular formula is C20H19ClFNO2. The molecule has 1 fully saturated rings. The number of nitrogens with zero attached hydrogens (tertiary/aromatic N) is 1. The van der Waals surface area contributed by atoms with Gasteiger partial charge in [-0.1, -0.05) is 23.7 Å². The molecule has 1 saturated carbocycles. The third-order valence-corrected chi connectivity index (χ3v) is 4.37. The first-order valence-corrected chi connectivity index (χ1v) is 8.51. The minimum atomic E-state index is -0.277. The van der Waals surface area contributed by atoms with Crippen molar-refractivity contribution in [3.05, 3.63) is 70.5 Å². The van der Waals surface area contributed by atoms with E-state index in [4.69, 9.17) is 16.3 Å². The van der Waals surface area contributed by atoms with Gasteiger partial charge >= 0.3 is 0 Å². The fourth-order valence-corrected chi connectivity index (χ4v) is 2.83. The van der Waals surface area contributed by atoms with Crippen LogP contribution in [0.15, 0.2) is 48.5 Å². The molecule has 0 unspecified atom stereocenters. The van der Waals surface area contributed by atoms with Crippen LogP contribution in [0.3, 0.4) is 0 Å². The smallest absolute Gasteiger partial charge is 0.247 e. The molecule has 0 heterocycles. The molecule has 5 heteroatoms. The summed E-state index contributed by atoms with van der Waals surface area (Å²) in [4.78, 5) is 14.5. The van der Waals surface area contributed by atoms with Gasteiger partial charge in [-0.2, -0.15) is 0 Å². The standard InChI is InChI=1S/C20H19ClFNO2/c1-25-19-10-5-16(21)12-15(19)4-11-20(24)23(18-8-9-18)13-14-2-6-17(22)7-3-14/h2-7,10-12,18H,8-9,13H2,1H3. The Hall–Kier alpha value is -2.33. The zero-order valence-corrected chi connectivity index (χ0v) is 14.7. The van der Waals surface area contributed by atoms with Crippen LogP contribution in [0.1, 0.15) is 24.0 Å². The first kappa shape index (κ1) is 17.5. The molecule has 0 N–H and O–H groups in total. The summed E-state index contributed by atoms with van der Waals surface area (Å²) in [7, 11) is 1.58. The first-order chi connectivity index (χ1) is 12.1. The van der Waals surface area contributed by atoms with Gasteiger partial charge in [-0.3, -0.25) is 4.79 Å². The monoisotopic (exact) mass is 359 g/mol. The molecule has 3 rings (SSSR count). The summed E-state index contributed by atoms with van der Waals surface area (Å²) in [6, 6.07) is 11.8. The van der Waals surface area contributed by atoms with Crippen molar-refractivity contribution in [3.63, 3.8) is 0 Å². The van der Waals surface area contributed by atoms with Crippen molar-refractivity contribution < 1.29 is 13.9 Å².